The average molecular weight is 369 g/mol. The molecule has 0 spiro atoms. The molecule has 2 aliphatic rings. The maximum atomic E-state index is 13.3. The van der Waals surface area contributed by atoms with Crippen LogP contribution in [-0.4, -0.2) is 17.9 Å². The molecule has 2 heterocycles. The molecule has 3 nitrogen and oxygen atoms in total. The number of hydrogen-bond acceptors (Lipinski definition) is 2. The van der Waals surface area contributed by atoms with Gasteiger partial charge in [-0.15, -0.1) is 0 Å². The Morgan fingerprint density at radius 2 is 1.46 bits per heavy atom. The number of hydrogen-bond donors (Lipinski definition) is 0. The van der Waals surface area contributed by atoms with E-state index in [1.165, 1.54) is 16.7 Å². The lowest BCUT2D eigenvalue weighted by molar-refractivity contribution is 0.0479. The third-order valence-electron chi connectivity index (χ3n) is 6.24. The van der Waals surface area contributed by atoms with E-state index in [0.29, 0.717) is 5.92 Å². The highest BCUT2D eigenvalue weighted by Crippen LogP contribution is 2.52. The van der Waals surface area contributed by atoms with Crippen LogP contribution in [0.15, 0.2) is 78.9 Å². The summed E-state index contributed by atoms with van der Waals surface area (Å²) in [5.41, 5.74) is 4.57. The Labute approximate surface area is 165 Å². The zero-order chi connectivity index (χ0) is 19.1. The first-order valence-electron chi connectivity index (χ1n) is 9.86. The molecular formula is C25H23NO2. The van der Waals surface area contributed by atoms with Crippen LogP contribution >= 0.6 is 0 Å². The first-order chi connectivity index (χ1) is 13.8. The number of amides is 1. The summed E-state index contributed by atoms with van der Waals surface area (Å²) in [5, 5.41) is 0. The maximum absolute atomic E-state index is 13.3. The van der Waals surface area contributed by atoms with Crippen molar-refractivity contribution in [3.05, 3.63) is 101 Å². The third kappa shape index (κ3) is 2.70. The number of piperidine rings is 1. The van der Waals surface area contributed by atoms with Gasteiger partial charge in [0.2, 0.25) is 0 Å². The minimum absolute atomic E-state index is 0.0646. The van der Waals surface area contributed by atoms with Crippen LogP contribution in [0.1, 0.15) is 57.9 Å². The number of fused-ring (bicyclic) bond motifs is 3. The zero-order valence-corrected chi connectivity index (χ0v) is 15.9. The number of benzene rings is 3. The van der Waals surface area contributed by atoms with Crippen molar-refractivity contribution >= 4 is 5.91 Å². The largest absolute Gasteiger partial charge is 0.497 e. The molecule has 3 atom stereocenters. The molecule has 1 fully saturated rings. The summed E-state index contributed by atoms with van der Waals surface area (Å²) in [6.07, 6.45) is 1.91. The smallest absolute Gasteiger partial charge is 0.255 e. The van der Waals surface area contributed by atoms with Crippen molar-refractivity contribution in [3.8, 4) is 5.75 Å². The van der Waals surface area contributed by atoms with Gasteiger partial charge >= 0.3 is 0 Å². The first kappa shape index (κ1) is 17.1. The van der Waals surface area contributed by atoms with Crippen molar-refractivity contribution in [2.24, 2.45) is 0 Å². The van der Waals surface area contributed by atoms with E-state index in [9.17, 15) is 4.79 Å². The molecule has 140 valence electrons. The Balaban J connectivity index is 1.59. The monoisotopic (exact) mass is 369 g/mol. The second-order valence-electron chi connectivity index (χ2n) is 7.68. The van der Waals surface area contributed by atoms with Gasteiger partial charge in [-0.25, -0.2) is 0 Å². The van der Waals surface area contributed by atoms with E-state index >= 15 is 0 Å². The molecule has 3 aromatic carbocycles. The Kier molecular flexibility index (Phi) is 4.16. The van der Waals surface area contributed by atoms with Crippen LogP contribution < -0.4 is 4.74 Å². The number of methoxy groups -OCH3 is 1. The number of carbonyl (C=O) groups excluding carboxylic acids is 1. The molecule has 0 N–H and O–H groups in total. The van der Waals surface area contributed by atoms with Gasteiger partial charge in [-0.2, -0.15) is 0 Å². The van der Waals surface area contributed by atoms with Crippen LogP contribution in [0.3, 0.4) is 0 Å². The molecule has 3 aromatic rings. The minimum Gasteiger partial charge on any atom is -0.497 e. The molecule has 2 aliphatic heterocycles. The molecule has 1 amide bonds. The van der Waals surface area contributed by atoms with Gasteiger partial charge in [-0.3, -0.25) is 4.79 Å². The van der Waals surface area contributed by atoms with Crippen molar-refractivity contribution < 1.29 is 9.53 Å². The van der Waals surface area contributed by atoms with E-state index in [4.69, 9.17) is 4.74 Å². The molecule has 0 aliphatic carbocycles. The quantitative estimate of drug-likeness (QED) is 0.609. The Bertz CT molecular complexity index is 997. The lowest BCUT2D eigenvalue weighted by Gasteiger charge is -2.42. The van der Waals surface area contributed by atoms with Crippen LogP contribution in [0, 0.1) is 0 Å². The van der Waals surface area contributed by atoms with Gasteiger partial charge in [-0.05, 0) is 53.6 Å². The van der Waals surface area contributed by atoms with Crippen LogP contribution in [0.2, 0.25) is 0 Å². The van der Waals surface area contributed by atoms with Crippen LogP contribution in [0.5, 0.6) is 5.75 Å². The number of ether oxygens (including phenoxy) is 1. The molecular weight excluding hydrogens is 346 g/mol. The number of nitrogens with zero attached hydrogens (tertiary/aromatic N) is 1. The maximum Gasteiger partial charge on any atom is 0.255 e. The molecule has 0 aromatic heterocycles. The summed E-state index contributed by atoms with van der Waals surface area (Å²) in [6.45, 7) is 0. The highest BCUT2D eigenvalue weighted by molar-refractivity contribution is 5.99. The molecule has 5 rings (SSSR count). The molecule has 0 radical (unpaired) electrons. The predicted molar refractivity (Wildman–Crippen MR) is 110 cm³/mol. The van der Waals surface area contributed by atoms with Gasteiger partial charge in [0.25, 0.3) is 5.91 Å². The topological polar surface area (TPSA) is 29.5 Å². The molecule has 0 saturated carbocycles. The average Bonchev–Trinajstić information content (AvgIpc) is 3.06. The standard InChI is InChI=1S/C25H23NO2/c1-28-20-13-11-18(12-14-20)23-15-19(17-7-3-2-4-8-17)16-24-21-9-5-6-10-22(21)25(27)26(23)24/h2-14,19,23-24H,15-16H2,1H3/t19-,23+,24+/m1/s1. The zero-order valence-electron chi connectivity index (χ0n) is 15.9. The normalized spacial score (nSPS) is 23.2. The van der Waals surface area contributed by atoms with Gasteiger partial charge < -0.3 is 9.64 Å². The molecule has 3 heteroatoms. The van der Waals surface area contributed by atoms with Crippen molar-refractivity contribution in [3.63, 3.8) is 0 Å². The van der Waals surface area contributed by atoms with Crippen molar-refractivity contribution in [2.45, 2.75) is 30.8 Å². The van der Waals surface area contributed by atoms with E-state index in [2.05, 4.69) is 53.4 Å². The van der Waals surface area contributed by atoms with Gasteiger partial charge in [0.05, 0.1) is 19.2 Å². The predicted octanol–water partition coefficient (Wildman–Crippen LogP) is 5.51. The number of carbonyl (C=O) groups is 1. The summed E-state index contributed by atoms with van der Waals surface area (Å²) in [7, 11) is 1.68. The van der Waals surface area contributed by atoms with Gasteiger partial charge in [0, 0.05) is 5.56 Å². The van der Waals surface area contributed by atoms with E-state index in [1.807, 2.05) is 30.3 Å². The highest BCUT2D eigenvalue weighted by Gasteiger charge is 2.46. The molecule has 28 heavy (non-hydrogen) atoms. The van der Waals surface area contributed by atoms with Crippen molar-refractivity contribution in [2.75, 3.05) is 7.11 Å². The second kappa shape index (κ2) is 6.83. The Hall–Kier alpha value is -3.07. The van der Waals surface area contributed by atoms with Gasteiger partial charge in [-0.1, -0.05) is 60.7 Å². The van der Waals surface area contributed by atoms with Crippen LogP contribution in [-0.2, 0) is 0 Å². The fourth-order valence-corrected chi connectivity index (χ4v) is 4.88. The minimum atomic E-state index is 0.0646. The van der Waals surface area contributed by atoms with Crippen LogP contribution in [0.25, 0.3) is 0 Å². The Morgan fingerprint density at radius 1 is 0.786 bits per heavy atom. The van der Waals surface area contributed by atoms with Crippen molar-refractivity contribution in [1.82, 2.24) is 4.90 Å². The summed E-state index contributed by atoms with van der Waals surface area (Å²) < 4.78 is 5.32. The Morgan fingerprint density at radius 3 is 2.21 bits per heavy atom. The van der Waals surface area contributed by atoms with Crippen molar-refractivity contribution in [1.29, 1.82) is 0 Å². The van der Waals surface area contributed by atoms with E-state index in [0.717, 1.165) is 24.2 Å². The van der Waals surface area contributed by atoms with Gasteiger partial charge in [0.1, 0.15) is 5.75 Å². The lowest BCUT2D eigenvalue weighted by atomic mass is 9.79. The van der Waals surface area contributed by atoms with E-state index in [1.54, 1.807) is 7.11 Å². The molecule has 1 saturated heterocycles. The highest BCUT2D eigenvalue weighted by atomic mass is 16.5. The molecule has 0 bridgehead atoms. The van der Waals surface area contributed by atoms with Crippen LogP contribution in [0.4, 0.5) is 0 Å². The number of rotatable bonds is 3. The van der Waals surface area contributed by atoms with Gasteiger partial charge in [0.15, 0.2) is 0 Å². The SMILES string of the molecule is COc1ccc([C@@H]2C[C@@H](c3ccccc3)C[C@H]3c4ccccc4C(=O)N23)cc1. The summed E-state index contributed by atoms with van der Waals surface area (Å²) in [5.74, 6) is 1.42. The summed E-state index contributed by atoms with van der Waals surface area (Å²) in [6, 6.07) is 27.2. The van der Waals surface area contributed by atoms with E-state index in [-0.39, 0.29) is 18.0 Å². The first-order valence-corrected chi connectivity index (χ1v) is 9.86. The fraction of sp³-hybridized carbons (Fsp3) is 0.240. The second-order valence-corrected chi connectivity index (χ2v) is 7.68. The molecule has 0 unspecified atom stereocenters. The summed E-state index contributed by atoms with van der Waals surface area (Å²) >= 11 is 0. The lowest BCUT2D eigenvalue weighted by Crippen LogP contribution is -2.38. The van der Waals surface area contributed by atoms with E-state index < -0.39 is 0 Å². The fourth-order valence-electron chi connectivity index (χ4n) is 4.88. The summed E-state index contributed by atoms with van der Waals surface area (Å²) in [4.78, 5) is 15.4. The third-order valence-corrected chi connectivity index (χ3v) is 6.24.